The van der Waals surface area contributed by atoms with Gasteiger partial charge in [0.15, 0.2) is 0 Å². The molecule has 20 heavy (non-hydrogen) atoms. The molecule has 0 aliphatic carbocycles. The van der Waals surface area contributed by atoms with E-state index in [1.165, 1.54) is 17.5 Å². The van der Waals surface area contributed by atoms with Gasteiger partial charge in [0, 0.05) is 33.3 Å². The molecule has 112 valence electrons. The third kappa shape index (κ3) is 3.59. The van der Waals surface area contributed by atoms with E-state index < -0.39 is 0 Å². The number of hydrogen-bond acceptors (Lipinski definition) is 5. The second-order valence-corrected chi connectivity index (χ2v) is 5.80. The summed E-state index contributed by atoms with van der Waals surface area (Å²) in [7, 11) is 3.33. The van der Waals surface area contributed by atoms with Crippen LogP contribution < -0.4 is 15.8 Å². The SMILES string of the molecule is COCCN(CC1CCCN1)c1cnn(C)c(=O)c1Br. The molecular weight excluding hydrogens is 324 g/mol. The van der Waals surface area contributed by atoms with Crippen LogP contribution >= 0.6 is 15.9 Å². The van der Waals surface area contributed by atoms with Gasteiger partial charge in [-0.2, -0.15) is 5.10 Å². The lowest BCUT2D eigenvalue weighted by molar-refractivity contribution is 0.204. The molecule has 1 aromatic rings. The molecule has 2 heterocycles. The van der Waals surface area contributed by atoms with Crippen molar-refractivity contribution in [2.45, 2.75) is 18.9 Å². The molecule has 0 radical (unpaired) electrons. The molecule has 1 aliphatic heterocycles. The van der Waals surface area contributed by atoms with Gasteiger partial charge in [0.1, 0.15) is 4.47 Å². The van der Waals surface area contributed by atoms with Crippen molar-refractivity contribution in [3.05, 3.63) is 21.0 Å². The van der Waals surface area contributed by atoms with Crippen LogP contribution in [0, 0.1) is 0 Å². The van der Waals surface area contributed by atoms with Gasteiger partial charge in [-0.3, -0.25) is 4.79 Å². The summed E-state index contributed by atoms with van der Waals surface area (Å²) in [6.45, 7) is 3.28. The van der Waals surface area contributed by atoms with E-state index in [1.54, 1.807) is 20.4 Å². The molecule has 1 aromatic heterocycles. The van der Waals surface area contributed by atoms with Crippen LogP contribution in [0.15, 0.2) is 15.5 Å². The predicted molar refractivity (Wildman–Crippen MR) is 82.3 cm³/mol. The highest BCUT2D eigenvalue weighted by molar-refractivity contribution is 9.10. The van der Waals surface area contributed by atoms with Crippen molar-refractivity contribution in [3.63, 3.8) is 0 Å². The van der Waals surface area contributed by atoms with Gasteiger partial charge in [-0.15, -0.1) is 0 Å². The third-order valence-corrected chi connectivity index (χ3v) is 4.31. The van der Waals surface area contributed by atoms with E-state index in [9.17, 15) is 4.79 Å². The topological polar surface area (TPSA) is 59.4 Å². The number of rotatable bonds is 6. The number of ether oxygens (including phenoxy) is 1. The molecule has 1 saturated heterocycles. The van der Waals surface area contributed by atoms with E-state index >= 15 is 0 Å². The zero-order valence-corrected chi connectivity index (χ0v) is 13.5. The summed E-state index contributed by atoms with van der Waals surface area (Å²) < 4.78 is 7.06. The molecule has 1 aliphatic rings. The molecule has 0 bridgehead atoms. The molecule has 1 fully saturated rings. The molecule has 0 saturated carbocycles. The van der Waals surface area contributed by atoms with Crippen LogP contribution in [-0.4, -0.2) is 49.2 Å². The van der Waals surface area contributed by atoms with Gasteiger partial charge in [0.05, 0.1) is 18.5 Å². The summed E-state index contributed by atoms with van der Waals surface area (Å²) in [5.41, 5.74) is 0.711. The average Bonchev–Trinajstić information content (AvgIpc) is 2.94. The second-order valence-electron chi connectivity index (χ2n) is 5.00. The Balaban J connectivity index is 2.20. The van der Waals surface area contributed by atoms with Crippen LogP contribution in [0.5, 0.6) is 0 Å². The van der Waals surface area contributed by atoms with Gasteiger partial charge in [0.2, 0.25) is 0 Å². The largest absolute Gasteiger partial charge is 0.383 e. The number of halogens is 1. The Labute approximate surface area is 127 Å². The fraction of sp³-hybridized carbons (Fsp3) is 0.692. The predicted octanol–water partition coefficient (Wildman–Crippen LogP) is 0.748. The summed E-state index contributed by atoms with van der Waals surface area (Å²) >= 11 is 3.40. The molecule has 1 atom stereocenters. The standard InChI is InChI=1S/C13H21BrN4O2/c1-17-13(19)12(14)11(8-16-17)18(6-7-20-2)9-10-4-3-5-15-10/h8,10,15H,3-7,9H2,1-2H3. The van der Waals surface area contributed by atoms with Crippen molar-refractivity contribution in [2.75, 3.05) is 38.3 Å². The average molecular weight is 345 g/mol. The van der Waals surface area contributed by atoms with Crippen LogP contribution in [0.2, 0.25) is 0 Å². The number of nitrogens with one attached hydrogen (secondary N) is 1. The highest BCUT2D eigenvalue weighted by Gasteiger charge is 2.21. The second kappa shape index (κ2) is 7.19. The molecule has 0 amide bonds. The Morgan fingerprint density at radius 3 is 3.10 bits per heavy atom. The van der Waals surface area contributed by atoms with Crippen LogP contribution in [0.4, 0.5) is 5.69 Å². The van der Waals surface area contributed by atoms with Crippen LogP contribution in [0.1, 0.15) is 12.8 Å². The van der Waals surface area contributed by atoms with Crippen molar-refractivity contribution < 1.29 is 4.74 Å². The van der Waals surface area contributed by atoms with E-state index in [0.29, 0.717) is 17.1 Å². The normalized spacial score (nSPS) is 18.4. The summed E-state index contributed by atoms with van der Waals surface area (Å²) in [6.07, 6.45) is 4.11. The molecule has 0 spiro atoms. The Morgan fingerprint density at radius 2 is 2.45 bits per heavy atom. The molecular formula is C13H21BrN4O2. The van der Waals surface area contributed by atoms with E-state index in [-0.39, 0.29) is 5.56 Å². The van der Waals surface area contributed by atoms with E-state index in [4.69, 9.17) is 4.74 Å². The van der Waals surface area contributed by atoms with E-state index in [1.807, 2.05) is 0 Å². The van der Waals surface area contributed by atoms with Crippen LogP contribution in [0.25, 0.3) is 0 Å². The summed E-state index contributed by atoms with van der Waals surface area (Å²) in [6, 6.07) is 0.461. The smallest absolute Gasteiger partial charge is 0.282 e. The number of aryl methyl sites for hydroxylation is 1. The Morgan fingerprint density at radius 1 is 1.65 bits per heavy atom. The maximum absolute atomic E-state index is 12.0. The van der Waals surface area contributed by atoms with Gasteiger partial charge >= 0.3 is 0 Å². The first-order valence-corrected chi connectivity index (χ1v) is 7.62. The van der Waals surface area contributed by atoms with Crippen molar-refractivity contribution in [3.8, 4) is 0 Å². The lowest BCUT2D eigenvalue weighted by atomic mass is 10.2. The van der Waals surface area contributed by atoms with Crippen molar-refractivity contribution in [1.29, 1.82) is 0 Å². The number of aromatic nitrogens is 2. The summed E-state index contributed by atoms with van der Waals surface area (Å²) in [4.78, 5) is 14.1. The van der Waals surface area contributed by atoms with E-state index in [0.717, 1.165) is 25.3 Å². The molecule has 6 nitrogen and oxygen atoms in total. The third-order valence-electron chi connectivity index (χ3n) is 3.57. The fourth-order valence-corrected chi connectivity index (χ4v) is 3.02. The van der Waals surface area contributed by atoms with Gasteiger partial charge < -0.3 is 15.0 Å². The maximum atomic E-state index is 12.0. The van der Waals surface area contributed by atoms with Gasteiger partial charge in [-0.25, -0.2) is 4.68 Å². The summed E-state index contributed by atoms with van der Waals surface area (Å²) in [5.74, 6) is 0. The fourth-order valence-electron chi connectivity index (χ4n) is 2.41. The van der Waals surface area contributed by atoms with Gasteiger partial charge in [-0.1, -0.05) is 0 Å². The first-order chi connectivity index (χ1) is 9.63. The first kappa shape index (κ1) is 15.5. The summed E-state index contributed by atoms with van der Waals surface area (Å²) in [5, 5.41) is 7.59. The molecule has 1 N–H and O–H groups in total. The minimum Gasteiger partial charge on any atom is -0.383 e. The van der Waals surface area contributed by atoms with E-state index in [2.05, 4.69) is 31.2 Å². The zero-order chi connectivity index (χ0) is 14.5. The first-order valence-electron chi connectivity index (χ1n) is 6.82. The van der Waals surface area contributed by atoms with Gasteiger partial charge in [-0.05, 0) is 35.3 Å². The maximum Gasteiger partial charge on any atom is 0.282 e. The van der Waals surface area contributed by atoms with Gasteiger partial charge in [0.25, 0.3) is 5.56 Å². The monoisotopic (exact) mass is 344 g/mol. The molecule has 1 unspecified atom stereocenters. The quantitative estimate of drug-likeness (QED) is 0.825. The number of methoxy groups -OCH3 is 1. The van der Waals surface area contributed by atoms with Crippen LogP contribution in [-0.2, 0) is 11.8 Å². The minimum atomic E-state index is -0.121. The molecule has 2 rings (SSSR count). The molecule has 0 aromatic carbocycles. The highest BCUT2D eigenvalue weighted by atomic mass is 79.9. The number of nitrogens with zero attached hydrogens (tertiary/aromatic N) is 3. The molecule has 7 heteroatoms. The van der Waals surface area contributed by atoms with Crippen molar-refractivity contribution in [1.82, 2.24) is 15.1 Å². The van der Waals surface area contributed by atoms with Crippen LogP contribution in [0.3, 0.4) is 0 Å². The number of anilines is 1. The highest BCUT2D eigenvalue weighted by Crippen LogP contribution is 2.22. The van der Waals surface area contributed by atoms with Crippen molar-refractivity contribution in [2.24, 2.45) is 7.05 Å². The Kier molecular flexibility index (Phi) is 5.56. The Hall–Kier alpha value is -0.920. The minimum absolute atomic E-state index is 0.121. The van der Waals surface area contributed by atoms with Crippen molar-refractivity contribution >= 4 is 21.6 Å². The lowest BCUT2D eigenvalue weighted by Gasteiger charge is -2.28. The zero-order valence-electron chi connectivity index (χ0n) is 11.9. The lowest BCUT2D eigenvalue weighted by Crippen LogP contribution is -2.40. The number of hydrogen-bond donors (Lipinski definition) is 1. The Bertz CT molecular complexity index is 500.